The molecule has 0 unspecified atom stereocenters. The van der Waals surface area contributed by atoms with Gasteiger partial charge in [-0.15, -0.1) is 0 Å². The third-order valence-corrected chi connectivity index (χ3v) is 4.83. The molecule has 25 heavy (non-hydrogen) atoms. The zero-order chi connectivity index (χ0) is 17.1. The highest BCUT2D eigenvalue weighted by molar-refractivity contribution is 5.77. The maximum absolute atomic E-state index is 5.42. The van der Waals surface area contributed by atoms with Gasteiger partial charge in [0.1, 0.15) is 7.05 Å². The summed E-state index contributed by atoms with van der Waals surface area (Å²) in [7, 11) is 2.11. The lowest BCUT2D eigenvalue weighted by molar-refractivity contribution is -0.646. The normalized spacial score (nSPS) is 15.2. The Bertz CT molecular complexity index is 894. The topological polar surface area (TPSA) is 16.4 Å². The Morgan fingerprint density at radius 2 is 1.64 bits per heavy atom. The molecule has 126 valence electrons. The second-order valence-corrected chi connectivity index (χ2v) is 6.40. The summed E-state index contributed by atoms with van der Waals surface area (Å²) in [5, 5.41) is 1.26. The number of rotatable bonds is 3. The van der Waals surface area contributed by atoms with E-state index in [2.05, 4.69) is 89.3 Å². The van der Waals surface area contributed by atoms with Crippen LogP contribution < -0.4 is 9.47 Å². The van der Waals surface area contributed by atoms with Crippen molar-refractivity contribution in [2.24, 2.45) is 7.05 Å². The van der Waals surface area contributed by atoms with Crippen molar-refractivity contribution in [3.05, 3.63) is 71.9 Å². The summed E-state index contributed by atoms with van der Waals surface area (Å²) in [4.78, 5) is 2.38. The Morgan fingerprint density at radius 3 is 2.44 bits per heavy atom. The molecule has 2 aromatic carbocycles. The number of para-hydroxylation sites is 1. The lowest BCUT2D eigenvalue weighted by atomic mass is 10.1. The first-order chi connectivity index (χ1) is 12.3. The van der Waals surface area contributed by atoms with E-state index in [0.29, 0.717) is 0 Å². The molecule has 0 N–H and O–H groups in total. The van der Waals surface area contributed by atoms with Crippen LogP contribution in [0.25, 0.3) is 23.1 Å². The summed E-state index contributed by atoms with van der Waals surface area (Å²) in [6.07, 6.45) is 4.35. The van der Waals surface area contributed by atoms with Crippen LogP contribution in [-0.4, -0.2) is 26.3 Å². The molecule has 0 radical (unpaired) electrons. The molecule has 4 rings (SSSR count). The molecule has 3 nitrogen and oxygen atoms in total. The van der Waals surface area contributed by atoms with Gasteiger partial charge in [0, 0.05) is 42.4 Å². The Kier molecular flexibility index (Phi) is 4.49. The van der Waals surface area contributed by atoms with Gasteiger partial charge in [-0.05, 0) is 35.9 Å². The number of morpholine rings is 1. The molecule has 1 saturated heterocycles. The van der Waals surface area contributed by atoms with Crippen LogP contribution in [0.1, 0.15) is 11.3 Å². The fourth-order valence-corrected chi connectivity index (χ4v) is 3.33. The summed E-state index contributed by atoms with van der Waals surface area (Å²) < 4.78 is 7.65. The number of fused-ring (bicyclic) bond motifs is 1. The van der Waals surface area contributed by atoms with Crippen molar-refractivity contribution in [1.29, 1.82) is 0 Å². The van der Waals surface area contributed by atoms with Gasteiger partial charge in [-0.25, -0.2) is 0 Å². The largest absolute Gasteiger partial charge is 0.378 e. The van der Waals surface area contributed by atoms with Crippen LogP contribution in [0.5, 0.6) is 0 Å². The highest BCUT2D eigenvalue weighted by Gasteiger charge is 2.11. The fourth-order valence-electron chi connectivity index (χ4n) is 3.33. The average molecular weight is 331 g/mol. The van der Waals surface area contributed by atoms with E-state index < -0.39 is 0 Å². The maximum atomic E-state index is 5.42. The zero-order valence-corrected chi connectivity index (χ0v) is 14.6. The second kappa shape index (κ2) is 7.08. The number of pyridine rings is 1. The van der Waals surface area contributed by atoms with E-state index in [4.69, 9.17) is 4.74 Å². The van der Waals surface area contributed by atoms with E-state index in [1.165, 1.54) is 27.8 Å². The number of aryl methyl sites for hydroxylation is 1. The molecule has 1 aromatic heterocycles. The molecule has 1 aliphatic heterocycles. The van der Waals surface area contributed by atoms with Gasteiger partial charge in [0.15, 0.2) is 0 Å². The van der Waals surface area contributed by atoms with E-state index in [1.807, 2.05) is 0 Å². The van der Waals surface area contributed by atoms with Crippen molar-refractivity contribution in [3.8, 4) is 0 Å². The minimum atomic E-state index is 0.820. The highest BCUT2D eigenvalue weighted by atomic mass is 16.5. The molecule has 0 aliphatic carbocycles. The summed E-state index contributed by atoms with van der Waals surface area (Å²) in [5.74, 6) is 0. The molecule has 0 bridgehead atoms. The number of aromatic nitrogens is 1. The highest BCUT2D eigenvalue weighted by Crippen LogP contribution is 2.18. The molecule has 0 atom stereocenters. The Hall–Kier alpha value is -2.65. The third kappa shape index (κ3) is 3.42. The lowest BCUT2D eigenvalue weighted by Crippen LogP contribution is -2.36. The van der Waals surface area contributed by atoms with Crippen molar-refractivity contribution in [2.75, 3.05) is 31.2 Å². The van der Waals surface area contributed by atoms with Crippen molar-refractivity contribution in [2.45, 2.75) is 0 Å². The van der Waals surface area contributed by atoms with E-state index in [9.17, 15) is 0 Å². The van der Waals surface area contributed by atoms with Crippen LogP contribution in [-0.2, 0) is 11.8 Å². The molecule has 0 saturated carbocycles. The quantitative estimate of drug-likeness (QED) is 0.681. The maximum Gasteiger partial charge on any atom is 0.212 e. The molecule has 2 heterocycles. The van der Waals surface area contributed by atoms with Gasteiger partial charge in [-0.1, -0.05) is 24.3 Å². The van der Waals surface area contributed by atoms with E-state index in [0.717, 1.165) is 26.3 Å². The molecule has 3 aromatic rings. The second-order valence-electron chi connectivity index (χ2n) is 6.40. The number of hydrogen-bond donors (Lipinski definition) is 0. The van der Waals surface area contributed by atoms with Gasteiger partial charge >= 0.3 is 0 Å². The first kappa shape index (κ1) is 15.9. The monoisotopic (exact) mass is 331 g/mol. The zero-order valence-electron chi connectivity index (χ0n) is 14.6. The molecule has 0 amide bonds. The lowest BCUT2D eigenvalue weighted by Gasteiger charge is -2.28. The number of nitrogens with zero attached hydrogens (tertiary/aromatic N) is 2. The fraction of sp³-hybridized carbons (Fsp3) is 0.227. The Morgan fingerprint density at radius 1 is 0.880 bits per heavy atom. The van der Waals surface area contributed by atoms with Crippen LogP contribution in [0, 0.1) is 0 Å². The summed E-state index contributed by atoms with van der Waals surface area (Å²) in [6, 6.07) is 21.6. The van der Waals surface area contributed by atoms with Gasteiger partial charge in [0.2, 0.25) is 11.2 Å². The van der Waals surface area contributed by atoms with Crippen LogP contribution in [0.15, 0.2) is 60.7 Å². The van der Waals surface area contributed by atoms with Crippen molar-refractivity contribution >= 4 is 28.7 Å². The average Bonchev–Trinajstić information content (AvgIpc) is 2.69. The molecule has 0 spiro atoms. The minimum Gasteiger partial charge on any atom is -0.378 e. The SMILES string of the molecule is C[n+]1c(C=Cc2ccc(N3CCOCC3)cc2)ccc2ccccc21. The van der Waals surface area contributed by atoms with Gasteiger partial charge in [0.05, 0.1) is 13.2 Å². The predicted octanol–water partition coefficient (Wildman–Crippen LogP) is 3.67. The Balaban J connectivity index is 1.54. The summed E-state index contributed by atoms with van der Waals surface area (Å²) in [5.41, 5.74) is 4.92. The molecule has 1 aliphatic rings. The smallest absolute Gasteiger partial charge is 0.212 e. The van der Waals surface area contributed by atoms with Crippen LogP contribution in [0.4, 0.5) is 5.69 Å². The first-order valence-electron chi connectivity index (χ1n) is 8.80. The van der Waals surface area contributed by atoms with Crippen molar-refractivity contribution in [1.82, 2.24) is 0 Å². The van der Waals surface area contributed by atoms with Gasteiger partial charge < -0.3 is 9.64 Å². The minimum absolute atomic E-state index is 0.820. The van der Waals surface area contributed by atoms with E-state index >= 15 is 0 Å². The number of anilines is 1. The van der Waals surface area contributed by atoms with E-state index in [1.54, 1.807) is 0 Å². The molecular weight excluding hydrogens is 308 g/mol. The third-order valence-electron chi connectivity index (χ3n) is 4.83. The molecule has 1 fully saturated rings. The van der Waals surface area contributed by atoms with Crippen LogP contribution >= 0.6 is 0 Å². The molecular formula is C22H23N2O+. The standard InChI is InChI=1S/C22H23N2O/c1-23-20(13-9-19-4-2-3-5-22(19)23)10-6-18-7-11-21(12-8-18)24-14-16-25-17-15-24/h2-13H,14-17H2,1H3/q+1. The summed E-state index contributed by atoms with van der Waals surface area (Å²) >= 11 is 0. The predicted molar refractivity (Wildman–Crippen MR) is 104 cm³/mol. The summed E-state index contributed by atoms with van der Waals surface area (Å²) in [6.45, 7) is 3.59. The van der Waals surface area contributed by atoms with Crippen molar-refractivity contribution < 1.29 is 9.30 Å². The number of ether oxygens (including phenoxy) is 1. The van der Waals surface area contributed by atoms with Crippen LogP contribution in [0.3, 0.4) is 0 Å². The number of benzene rings is 2. The molecule has 3 heteroatoms. The Labute approximate surface area is 148 Å². The van der Waals surface area contributed by atoms with Crippen LogP contribution in [0.2, 0.25) is 0 Å². The van der Waals surface area contributed by atoms with Gasteiger partial charge in [-0.3, -0.25) is 0 Å². The van der Waals surface area contributed by atoms with E-state index in [-0.39, 0.29) is 0 Å². The first-order valence-corrected chi connectivity index (χ1v) is 8.80. The number of hydrogen-bond acceptors (Lipinski definition) is 2. The van der Waals surface area contributed by atoms with Crippen molar-refractivity contribution in [3.63, 3.8) is 0 Å². The van der Waals surface area contributed by atoms with Gasteiger partial charge in [-0.2, -0.15) is 4.57 Å². The van der Waals surface area contributed by atoms with Gasteiger partial charge in [0.25, 0.3) is 0 Å².